The number of amides is 2. The normalized spacial score (nSPS) is 20.6. The van der Waals surface area contributed by atoms with E-state index < -0.39 is 17.1 Å². The summed E-state index contributed by atoms with van der Waals surface area (Å²) in [7, 11) is 0. The summed E-state index contributed by atoms with van der Waals surface area (Å²) in [4.78, 5) is 44.6. The molecule has 0 spiro atoms. The number of nitrogens with one attached hydrogen (secondary N) is 1. The summed E-state index contributed by atoms with van der Waals surface area (Å²) in [5, 5.41) is 0.611. The molecule has 2 amide bonds. The molecule has 6 rings (SSSR count). The number of halogens is 2. The van der Waals surface area contributed by atoms with Crippen molar-refractivity contribution < 1.29 is 14.3 Å². The first-order valence-corrected chi connectivity index (χ1v) is 14.3. The van der Waals surface area contributed by atoms with Gasteiger partial charge in [0.25, 0.3) is 0 Å². The van der Waals surface area contributed by atoms with Crippen molar-refractivity contribution in [2.45, 2.75) is 22.8 Å². The van der Waals surface area contributed by atoms with E-state index in [9.17, 15) is 14.4 Å². The largest absolute Gasteiger partial charge is 0.489 e. The minimum absolute atomic E-state index is 0.216. The van der Waals surface area contributed by atoms with Crippen molar-refractivity contribution in [1.29, 1.82) is 0 Å². The Hall–Kier alpha value is -2.85. The van der Waals surface area contributed by atoms with Crippen LogP contribution in [-0.4, -0.2) is 22.0 Å². The monoisotopic (exact) mass is 612 g/mol. The van der Waals surface area contributed by atoms with Gasteiger partial charge in [-0.3, -0.25) is 14.4 Å². The third-order valence-electron chi connectivity index (χ3n) is 6.47. The molecule has 186 valence electrons. The van der Waals surface area contributed by atoms with Crippen molar-refractivity contribution in [2.75, 3.05) is 4.90 Å². The molecule has 3 heterocycles. The highest BCUT2D eigenvalue weighted by atomic mass is 79.9. The molecule has 1 fully saturated rings. The Morgan fingerprint density at radius 1 is 0.946 bits per heavy atom. The highest BCUT2D eigenvalue weighted by Gasteiger charge is 2.56. The number of thiazole rings is 1. The smallest absolute Gasteiger partial charge is 0.305 e. The van der Waals surface area contributed by atoms with Gasteiger partial charge in [0, 0.05) is 25.9 Å². The van der Waals surface area contributed by atoms with E-state index in [4.69, 9.17) is 16.3 Å². The number of carbonyl (C=O) groups is 2. The van der Waals surface area contributed by atoms with Crippen LogP contribution in [0.2, 0.25) is 5.02 Å². The highest BCUT2D eigenvalue weighted by molar-refractivity contribution is 9.10. The Bertz CT molecular complexity index is 1570. The molecule has 0 saturated carbocycles. The van der Waals surface area contributed by atoms with Crippen molar-refractivity contribution in [3.63, 3.8) is 0 Å². The van der Waals surface area contributed by atoms with Crippen LogP contribution in [0.5, 0.6) is 5.75 Å². The van der Waals surface area contributed by atoms with E-state index >= 15 is 0 Å². The SMILES string of the molecule is O=C1C2Sc3[nH]c(=O)sc3C(c3ccccc3OCc3ccc(Cl)cc3)C2C(=O)N1c1ccc(Br)cc1. The van der Waals surface area contributed by atoms with Gasteiger partial charge in [0.1, 0.15) is 17.6 Å². The lowest BCUT2D eigenvalue weighted by molar-refractivity contribution is -0.122. The van der Waals surface area contributed by atoms with E-state index in [2.05, 4.69) is 20.9 Å². The summed E-state index contributed by atoms with van der Waals surface area (Å²) in [5.74, 6) is -1.16. The summed E-state index contributed by atoms with van der Waals surface area (Å²) in [6, 6.07) is 22.0. The molecule has 3 unspecified atom stereocenters. The maximum absolute atomic E-state index is 13.9. The molecule has 10 heteroatoms. The standard InChI is InChI=1S/C27H18BrClN2O4S2/c28-15-7-11-17(12-8-15)31-25(32)21-20(22-24(30-27(34)37-22)36-23(21)26(31)33)18-3-1-2-4-19(18)35-13-14-5-9-16(29)10-6-14/h1-12,20-21,23H,13H2,(H,30,34). The van der Waals surface area contributed by atoms with Gasteiger partial charge in [-0.15, -0.1) is 0 Å². The van der Waals surface area contributed by atoms with Gasteiger partial charge in [-0.1, -0.05) is 81.0 Å². The third-order valence-corrected chi connectivity index (χ3v) is 9.65. The fourth-order valence-corrected chi connectivity index (χ4v) is 7.70. The first-order valence-electron chi connectivity index (χ1n) is 11.4. The number of aromatic amines is 1. The van der Waals surface area contributed by atoms with E-state index in [-0.39, 0.29) is 16.7 Å². The van der Waals surface area contributed by atoms with Crippen molar-refractivity contribution in [1.82, 2.24) is 4.98 Å². The molecular formula is C27H18BrClN2O4S2. The number of nitrogens with zero attached hydrogens (tertiary/aromatic N) is 1. The van der Waals surface area contributed by atoms with E-state index in [1.54, 1.807) is 36.4 Å². The molecule has 0 radical (unpaired) electrons. The number of para-hydroxylation sites is 1. The van der Waals surface area contributed by atoms with Crippen LogP contribution in [0.1, 0.15) is 21.9 Å². The summed E-state index contributed by atoms with van der Waals surface area (Å²) in [6.45, 7) is 0.303. The molecular weight excluding hydrogens is 596 g/mol. The number of H-pyrrole nitrogens is 1. The number of hydrogen-bond donors (Lipinski definition) is 1. The second-order valence-electron chi connectivity index (χ2n) is 8.69. The van der Waals surface area contributed by atoms with E-state index in [1.165, 1.54) is 16.7 Å². The molecule has 4 aromatic rings. The van der Waals surface area contributed by atoms with Crippen LogP contribution < -0.4 is 14.5 Å². The highest BCUT2D eigenvalue weighted by Crippen LogP contribution is 2.54. The Labute approximate surface area is 233 Å². The molecule has 1 saturated heterocycles. The number of benzene rings is 3. The van der Waals surface area contributed by atoms with Crippen LogP contribution in [0.25, 0.3) is 0 Å². The molecule has 6 nitrogen and oxygen atoms in total. The molecule has 0 aliphatic carbocycles. The zero-order chi connectivity index (χ0) is 25.7. The van der Waals surface area contributed by atoms with Crippen LogP contribution in [0.15, 0.2) is 87.1 Å². The maximum atomic E-state index is 13.9. The number of carbonyl (C=O) groups excluding carboxylic acids is 2. The predicted octanol–water partition coefficient (Wildman–Crippen LogP) is 6.23. The first kappa shape index (κ1) is 24.5. The van der Waals surface area contributed by atoms with Gasteiger partial charge in [-0.25, -0.2) is 4.90 Å². The fraction of sp³-hybridized carbons (Fsp3) is 0.148. The van der Waals surface area contributed by atoms with Crippen molar-refractivity contribution in [3.05, 3.63) is 108 Å². The molecule has 3 atom stereocenters. The lowest BCUT2D eigenvalue weighted by atomic mass is 9.82. The Morgan fingerprint density at radius 3 is 2.43 bits per heavy atom. The third kappa shape index (κ3) is 4.44. The number of imide groups is 1. The average molecular weight is 614 g/mol. The van der Waals surface area contributed by atoms with Gasteiger partial charge in [-0.05, 0) is 48.0 Å². The number of rotatable bonds is 5. The minimum Gasteiger partial charge on any atom is -0.489 e. The molecule has 0 bridgehead atoms. The van der Waals surface area contributed by atoms with Crippen LogP contribution in [0.4, 0.5) is 5.69 Å². The van der Waals surface area contributed by atoms with E-state index in [0.717, 1.165) is 31.8 Å². The van der Waals surface area contributed by atoms with Crippen LogP contribution in [0, 0.1) is 5.92 Å². The zero-order valence-corrected chi connectivity index (χ0v) is 23.0. The zero-order valence-electron chi connectivity index (χ0n) is 19.0. The average Bonchev–Trinajstić information content (AvgIpc) is 3.39. The van der Waals surface area contributed by atoms with Crippen molar-refractivity contribution in [3.8, 4) is 5.75 Å². The lowest BCUT2D eigenvalue weighted by Crippen LogP contribution is -2.32. The molecule has 1 aromatic heterocycles. The van der Waals surface area contributed by atoms with Gasteiger partial charge in [0.2, 0.25) is 11.8 Å². The number of hydrogen-bond acceptors (Lipinski definition) is 6. The number of aromatic nitrogens is 1. The second kappa shape index (κ2) is 9.79. The maximum Gasteiger partial charge on any atom is 0.305 e. The summed E-state index contributed by atoms with van der Waals surface area (Å²) in [6.07, 6.45) is 0. The van der Waals surface area contributed by atoms with Crippen LogP contribution in [-0.2, 0) is 16.2 Å². The Kier molecular flexibility index (Phi) is 6.48. The summed E-state index contributed by atoms with van der Waals surface area (Å²) < 4.78 is 7.08. The van der Waals surface area contributed by atoms with Crippen molar-refractivity contribution >= 4 is 68.1 Å². The number of anilines is 1. The molecule has 37 heavy (non-hydrogen) atoms. The van der Waals surface area contributed by atoms with Crippen molar-refractivity contribution in [2.24, 2.45) is 5.92 Å². The molecule has 3 aromatic carbocycles. The Balaban J connectivity index is 1.41. The topological polar surface area (TPSA) is 79.5 Å². The first-order chi connectivity index (χ1) is 17.9. The van der Waals surface area contributed by atoms with Crippen LogP contribution >= 0.6 is 50.6 Å². The van der Waals surface area contributed by atoms with Crippen LogP contribution in [0.3, 0.4) is 0 Å². The van der Waals surface area contributed by atoms with Gasteiger partial charge in [-0.2, -0.15) is 0 Å². The predicted molar refractivity (Wildman–Crippen MR) is 149 cm³/mol. The van der Waals surface area contributed by atoms with Gasteiger partial charge in [0.05, 0.1) is 16.6 Å². The van der Waals surface area contributed by atoms with Gasteiger partial charge in [0.15, 0.2) is 0 Å². The number of ether oxygens (including phenoxy) is 1. The fourth-order valence-electron chi connectivity index (χ4n) is 4.81. The minimum atomic E-state index is -0.680. The van der Waals surface area contributed by atoms with E-state index in [0.29, 0.717) is 28.1 Å². The van der Waals surface area contributed by atoms with Gasteiger partial charge < -0.3 is 9.72 Å². The molecule has 2 aliphatic rings. The Morgan fingerprint density at radius 2 is 1.68 bits per heavy atom. The summed E-state index contributed by atoms with van der Waals surface area (Å²) >= 11 is 11.8. The lowest BCUT2D eigenvalue weighted by Gasteiger charge is -2.30. The molecule has 2 aliphatic heterocycles. The molecule has 1 N–H and O–H groups in total. The summed E-state index contributed by atoms with van der Waals surface area (Å²) in [5.41, 5.74) is 2.23. The number of thioether (sulfide) groups is 1. The van der Waals surface area contributed by atoms with E-state index in [1.807, 2.05) is 36.4 Å². The second-order valence-corrected chi connectivity index (χ2v) is 12.2. The number of fused-ring (bicyclic) bond motifs is 2. The van der Waals surface area contributed by atoms with Gasteiger partial charge >= 0.3 is 4.87 Å². The quantitative estimate of drug-likeness (QED) is 0.270.